The van der Waals surface area contributed by atoms with Gasteiger partial charge in [-0.1, -0.05) is 33.6 Å². The summed E-state index contributed by atoms with van der Waals surface area (Å²) in [6.45, 7) is 7.13. The lowest BCUT2D eigenvalue weighted by molar-refractivity contribution is -0.00271. The number of hydrogen-bond donors (Lipinski definition) is 0. The summed E-state index contributed by atoms with van der Waals surface area (Å²) < 4.78 is 8.94. The second-order valence-corrected chi connectivity index (χ2v) is 2.62. The SMILES string of the molecule is CCC(C)CC.COCOC. The van der Waals surface area contributed by atoms with E-state index < -0.39 is 0 Å². The molecule has 0 bridgehead atoms. The number of rotatable bonds is 4. The molecule has 11 heavy (non-hydrogen) atoms. The van der Waals surface area contributed by atoms with Crippen LogP contribution >= 0.6 is 0 Å². The smallest absolute Gasteiger partial charge is 0.145 e. The Labute approximate surface area is 70.9 Å². The zero-order valence-electron chi connectivity index (χ0n) is 8.52. The summed E-state index contributed by atoms with van der Waals surface area (Å²) in [5.41, 5.74) is 0. The summed E-state index contributed by atoms with van der Waals surface area (Å²) in [5.74, 6) is 0.935. The maximum Gasteiger partial charge on any atom is 0.145 e. The fraction of sp³-hybridized carbons (Fsp3) is 1.00. The molecular formula is C9H22O2. The minimum absolute atomic E-state index is 0.389. The van der Waals surface area contributed by atoms with Crippen molar-refractivity contribution < 1.29 is 9.47 Å². The van der Waals surface area contributed by atoms with Gasteiger partial charge in [0.2, 0.25) is 0 Å². The van der Waals surface area contributed by atoms with Crippen molar-refractivity contribution in [1.29, 1.82) is 0 Å². The van der Waals surface area contributed by atoms with Gasteiger partial charge in [-0.25, -0.2) is 0 Å². The highest BCUT2D eigenvalue weighted by Gasteiger charge is 1.88. The molecule has 0 spiro atoms. The summed E-state index contributed by atoms with van der Waals surface area (Å²) in [4.78, 5) is 0. The second-order valence-electron chi connectivity index (χ2n) is 2.62. The molecule has 0 rings (SSSR count). The Hall–Kier alpha value is -0.0800. The fourth-order valence-corrected chi connectivity index (χ4v) is 0.407. The first-order chi connectivity index (χ1) is 5.22. The van der Waals surface area contributed by atoms with Crippen LogP contribution in [0.3, 0.4) is 0 Å². The van der Waals surface area contributed by atoms with Crippen molar-refractivity contribution >= 4 is 0 Å². The largest absolute Gasteiger partial charge is 0.359 e. The topological polar surface area (TPSA) is 18.5 Å². The van der Waals surface area contributed by atoms with Crippen LogP contribution in [0.4, 0.5) is 0 Å². The summed E-state index contributed by atoms with van der Waals surface area (Å²) >= 11 is 0. The molecule has 0 heterocycles. The summed E-state index contributed by atoms with van der Waals surface area (Å²) in [6.07, 6.45) is 2.66. The van der Waals surface area contributed by atoms with E-state index in [1.54, 1.807) is 14.2 Å². The Morgan fingerprint density at radius 3 is 1.36 bits per heavy atom. The highest BCUT2D eigenvalue weighted by Crippen LogP contribution is 2.02. The third-order valence-electron chi connectivity index (χ3n) is 1.63. The summed E-state index contributed by atoms with van der Waals surface area (Å²) in [7, 11) is 3.17. The molecule has 0 fully saturated rings. The molecule has 70 valence electrons. The monoisotopic (exact) mass is 162 g/mol. The molecule has 0 aromatic carbocycles. The van der Waals surface area contributed by atoms with E-state index in [9.17, 15) is 0 Å². The summed E-state index contributed by atoms with van der Waals surface area (Å²) in [6, 6.07) is 0. The van der Waals surface area contributed by atoms with Crippen molar-refractivity contribution in [2.24, 2.45) is 5.92 Å². The van der Waals surface area contributed by atoms with E-state index in [4.69, 9.17) is 0 Å². The summed E-state index contributed by atoms with van der Waals surface area (Å²) in [5, 5.41) is 0. The molecule has 0 amide bonds. The molecule has 0 atom stereocenters. The molecular weight excluding hydrogens is 140 g/mol. The predicted molar refractivity (Wildman–Crippen MR) is 48.6 cm³/mol. The van der Waals surface area contributed by atoms with Crippen molar-refractivity contribution in [3.8, 4) is 0 Å². The zero-order chi connectivity index (χ0) is 9.11. The highest BCUT2D eigenvalue weighted by atomic mass is 16.6. The number of hydrogen-bond acceptors (Lipinski definition) is 2. The molecule has 0 unspecified atom stereocenters. The maximum absolute atomic E-state index is 4.47. The Bertz CT molecular complexity index is 49.5. The van der Waals surface area contributed by atoms with Gasteiger partial charge in [0, 0.05) is 14.2 Å². The van der Waals surface area contributed by atoms with Crippen LogP contribution in [-0.2, 0) is 9.47 Å². The molecule has 0 aliphatic carbocycles. The average Bonchev–Trinajstić information content (AvgIpc) is 2.06. The first-order valence-electron chi connectivity index (χ1n) is 4.20. The van der Waals surface area contributed by atoms with Gasteiger partial charge < -0.3 is 9.47 Å². The van der Waals surface area contributed by atoms with Crippen LogP contribution < -0.4 is 0 Å². The van der Waals surface area contributed by atoms with Crippen LogP contribution in [0.25, 0.3) is 0 Å². The lowest BCUT2D eigenvalue weighted by atomic mass is 10.1. The Kier molecular flexibility index (Phi) is 15.4. The number of ether oxygens (including phenoxy) is 2. The van der Waals surface area contributed by atoms with Crippen molar-refractivity contribution in [3.05, 3.63) is 0 Å². The van der Waals surface area contributed by atoms with Gasteiger partial charge in [0.15, 0.2) is 0 Å². The van der Waals surface area contributed by atoms with Gasteiger partial charge in [-0.05, 0) is 5.92 Å². The molecule has 0 aromatic rings. The van der Waals surface area contributed by atoms with Gasteiger partial charge >= 0.3 is 0 Å². The third kappa shape index (κ3) is 17.8. The zero-order valence-corrected chi connectivity index (χ0v) is 8.52. The molecule has 0 saturated heterocycles. The molecule has 2 heteroatoms. The Morgan fingerprint density at radius 1 is 1.00 bits per heavy atom. The van der Waals surface area contributed by atoms with E-state index in [0.717, 1.165) is 5.92 Å². The van der Waals surface area contributed by atoms with Crippen molar-refractivity contribution in [1.82, 2.24) is 0 Å². The minimum Gasteiger partial charge on any atom is -0.359 e. The molecule has 0 aliphatic heterocycles. The second kappa shape index (κ2) is 12.6. The van der Waals surface area contributed by atoms with Crippen molar-refractivity contribution in [3.63, 3.8) is 0 Å². The van der Waals surface area contributed by atoms with Gasteiger partial charge in [0.05, 0.1) is 0 Å². The quantitative estimate of drug-likeness (QED) is 0.592. The van der Waals surface area contributed by atoms with E-state index in [-0.39, 0.29) is 0 Å². The normalized spacial score (nSPS) is 9.27. The van der Waals surface area contributed by atoms with Crippen LogP contribution in [0.1, 0.15) is 33.6 Å². The first-order valence-corrected chi connectivity index (χ1v) is 4.20. The lowest BCUT2D eigenvalue weighted by Crippen LogP contribution is -1.87. The minimum atomic E-state index is 0.389. The van der Waals surface area contributed by atoms with Gasteiger partial charge in [-0.2, -0.15) is 0 Å². The van der Waals surface area contributed by atoms with Crippen LogP contribution in [-0.4, -0.2) is 21.0 Å². The predicted octanol–water partition coefficient (Wildman–Crippen LogP) is 2.68. The molecule has 2 nitrogen and oxygen atoms in total. The van der Waals surface area contributed by atoms with Gasteiger partial charge in [-0.3, -0.25) is 0 Å². The highest BCUT2D eigenvalue weighted by molar-refractivity contribution is 4.41. The average molecular weight is 162 g/mol. The van der Waals surface area contributed by atoms with Gasteiger partial charge in [-0.15, -0.1) is 0 Å². The van der Waals surface area contributed by atoms with E-state index >= 15 is 0 Å². The maximum atomic E-state index is 4.47. The van der Waals surface area contributed by atoms with E-state index in [1.807, 2.05) is 0 Å². The van der Waals surface area contributed by atoms with Crippen molar-refractivity contribution in [2.45, 2.75) is 33.6 Å². The van der Waals surface area contributed by atoms with Crippen LogP contribution in [0.2, 0.25) is 0 Å². The van der Waals surface area contributed by atoms with E-state index in [2.05, 4.69) is 30.2 Å². The lowest BCUT2D eigenvalue weighted by Gasteiger charge is -1.98. The van der Waals surface area contributed by atoms with Crippen molar-refractivity contribution in [2.75, 3.05) is 21.0 Å². The number of methoxy groups -OCH3 is 2. The first kappa shape index (κ1) is 13.5. The Morgan fingerprint density at radius 2 is 1.36 bits per heavy atom. The molecule has 0 radical (unpaired) electrons. The van der Waals surface area contributed by atoms with Crippen LogP contribution in [0, 0.1) is 5.92 Å². The molecule has 0 aliphatic rings. The third-order valence-corrected chi connectivity index (χ3v) is 1.63. The van der Waals surface area contributed by atoms with E-state index in [1.165, 1.54) is 12.8 Å². The van der Waals surface area contributed by atoms with E-state index in [0.29, 0.717) is 6.79 Å². The molecule has 0 saturated carbocycles. The van der Waals surface area contributed by atoms with Gasteiger partial charge in [0.1, 0.15) is 6.79 Å². The standard InChI is InChI=1S/C6H14.C3H8O2/c1-4-6(3)5-2;1-4-3-5-2/h6H,4-5H2,1-3H3;3H2,1-2H3. The van der Waals surface area contributed by atoms with Crippen LogP contribution in [0.5, 0.6) is 0 Å². The fourth-order valence-electron chi connectivity index (χ4n) is 0.407. The molecule has 0 aromatic heterocycles. The molecule has 0 N–H and O–H groups in total. The van der Waals surface area contributed by atoms with Crippen LogP contribution in [0.15, 0.2) is 0 Å². The Balaban J connectivity index is 0. The van der Waals surface area contributed by atoms with Gasteiger partial charge in [0.25, 0.3) is 0 Å².